The summed E-state index contributed by atoms with van der Waals surface area (Å²) in [6.07, 6.45) is 3.27. The van der Waals surface area contributed by atoms with E-state index < -0.39 is 0 Å². The highest BCUT2D eigenvalue weighted by molar-refractivity contribution is 9.10. The summed E-state index contributed by atoms with van der Waals surface area (Å²) in [4.78, 5) is 27.3. The summed E-state index contributed by atoms with van der Waals surface area (Å²) in [6, 6.07) is 21.9. The third-order valence-corrected chi connectivity index (χ3v) is 7.28. The second-order valence-corrected chi connectivity index (χ2v) is 10.3. The van der Waals surface area contributed by atoms with E-state index in [-0.39, 0.29) is 11.1 Å². The molecule has 186 valence electrons. The standard InChI is InChI=1S/C29H28BrNO4S/c1-3-34-25-16-23(24(30)18-26(25)35-19-22-12-7-9-20(2)15-22)17-27-28(32)31(29(33)36-27)14-8-13-21-10-5-4-6-11-21/h4-7,9-12,15-18H,3,8,13-14,19H2,1-2H3/b27-17+. The van der Waals surface area contributed by atoms with Gasteiger partial charge in [0.15, 0.2) is 11.5 Å². The Bertz CT molecular complexity index is 1280. The van der Waals surface area contributed by atoms with Crippen molar-refractivity contribution in [2.75, 3.05) is 13.2 Å². The smallest absolute Gasteiger partial charge is 0.293 e. The van der Waals surface area contributed by atoms with Crippen molar-refractivity contribution in [3.63, 3.8) is 0 Å². The van der Waals surface area contributed by atoms with Gasteiger partial charge in [-0.25, -0.2) is 0 Å². The van der Waals surface area contributed by atoms with Crippen molar-refractivity contribution in [2.45, 2.75) is 33.3 Å². The molecule has 0 atom stereocenters. The topological polar surface area (TPSA) is 55.8 Å². The summed E-state index contributed by atoms with van der Waals surface area (Å²) in [7, 11) is 0. The summed E-state index contributed by atoms with van der Waals surface area (Å²) < 4.78 is 12.6. The molecule has 1 aliphatic rings. The maximum atomic E-state index is 13.0. The van der Waals surface area contributed by atoms with Gasteiger partial charge in [0.2, 0.25) is 0 Å². The van der Waals surface area contributed by atoms with E-state index in [2.05, 4.69) is 34.1 Å². The molecule has 1 heterocycles. The quantitative estimate of drug-likeness (QED) is 0.239. The van der Waals surface area contributed by atoms with Crippen LogP contribution in [0.5, 0.6) is 11.5 Å². The van der Waals surface area contributed by atoms with Gasteiger partial charge in [0, 0.05) is 11.0 Å². The number of thioether (sulfide) groups is 1. The van der Waals surface area contributed by atoms with Crippen LogP contribution in [0, 0.1) is 6.92 Å². The minimum absolute atomic E-state index is 0.237. The monoisotopic (exact) mass is 565 g/mol. The van der Waals surface area contributed by atoms with E-state index in [1.165, 1.54) is 16.0 Å². The summed E-state index contributed by atoms with van der Waals surface area (Å²) >= 11 is 4.57. The Morgan fingerprint density at radius 3 is 2.44 bits per heavy atom. The number of ether oxygens (including phenoxy) is 2. The van der Waals surface area contributed by atoms with Gasteiger partial charge in [-0.3, -0.25) is 14.5 Å². The molecule has 5 nitrogen and oxygen atoms in total. The molecule has 0 radical (unpaired) electrons. The highest BCUT2D eigenvalue weighted by atomic mass is 79.9. The molecule has 0 aromatic heterocycles. The number of amides is 2. The third-order valence-electron chi connectivity index (χ3n) is 5.69. The molecule has 1 fully saturated rings. The van der Waals surface area contributed by atoms with Gasteiger partial charge in [-0.1, -0.05) is 76.1 Å². The second kappa shape index (κ2) is 12.3. The number of aryl methyl sites for hydroxylation is 2. The van der Waals surface area contributed by atoms with Gasteiger partial charge < -0.3 is 9.47 Å². The number of hydrogen-bond acceptors (Lipinski definition) is 5. The molecule has 3 aromatic carbocycles. The second-order valence-electron chi connectivity index (χ2n) is 8.45. The molecule has 0 aliphatic carbocycles. The molecule has 7 heteroatoms. The van der Waals surface area contributed by atoms with Crippen molar-refractivity contribution >= 4 is 44.9 Å². The molecule has 0 bridgehead atoms. The lowest BCUT2D eigenvalue weighted by Gasteiger charge is -2.14. The first-order valence-corrected chi connectivity index (χ1v) is 13.5. The number of imide groups is 1. The minimum Gasteiger partial charge on any atom is -0.490 e. The molecule has 3 aromatic rings. The fourth-order valence-corrected chi connectivity index (χ4v) is 5.22. The maximum Gasteiger partial charge on any atom is 0.293 e. The van der Waals surface area contributed by atoms with Gasteiger partial charge >= 0.3 is 0 Å². The van der Waals surface area contributed by atoms with Gasteiger partial charge in [0.25, 0.3) is 11.1 Å². The Morgan fingerprint density at radius 2 is 1.69 bits per heavy atom. The Labute approximate surface area is 224 Å². The van der Waals surface area contributed by atoms with Crippen LogP contribution in [0.3, 0.4) is 0 Å². The maximum absolute atomic E-state index is 13.0. The number of halogens is 1. The van der Waals surface area contributed by atoms with Crippen LogP contribution in [0.1, 0.15) is 35.6 Å². The number of hydrogen-bond donors (Lipinski definition) is 0. The van der Waals surface area contributed by atoms with Crippen LogP contribution in [0.2, 0.25) is 0 Å². The van der Waals surface area contributed by atoms with Crippen molar-refractivity contribution < 1.29 is 19.1 Å². The van der Waals surface area contributed by atoms with E-state index in [0.717, 1.165) is 40.2 Å². The summed E-state index contributed by atoms with van der Waals surface area (Å²) in [6.45, 7) is 5.24. The zero-order valence-corrected chi connectivity index (χ0v) is 22.7. The Morgan fingerprint density at radius 1 is 0.944 bits per heavy atom. The molecule has 0 saturated carbocycles. The number of carbonyl (C=O) groups is 2. The fourth-order valence-electron chi connectivity index (χ4n) is 3.93. The van der Waals surface area contributed by atoms with Crippen LogP contribution in [0.4, 0.5) is 4.79 Å². The van der Waals surface area contributed by atoms with Crippen molar-refractivity contribution in [3.05, 3.63) is 98.4 Å². The van der Waals surface area contributed by atoms with E-state index in [1.807, 2.05) is 62.4 Å². The fraction of sp³-hybridized carbons (Fsp3) is 0.241. The molecule has 0 spiro atoms. The highest BCUT2D eigenvalue weighted by Crippen LogP contribution is 2.38. The molecular formula is C29H28BrNO4S. The predicted molar refractivity (Wildman–Crippen MR) is 148 cm³/mol. The molecule has 0 unspecified atom stereocenters. The lowest BCUT2D eigenvalue weighted by Crippen LogP contribution is -2.29. The van der Waals surface area contributed by atoms with E-state index in [4.69, 9.17) is 9.47 Å². The molecule has 36 heavy (non-hydrogen) atoms. The molecule has 1 aliphatic heterocycles. The van der Waals surface area contributed by atoms with Crippen LogP contribution in [-0.4, -0.2) is 29.2 Å². The summed E-state index contributed by atoms with van der Waals surface area (Å²) in [5.41, 5.74) is 4.18. The highest BCUT2D eigenvalue weighted by Gasteiger charge is 2.34. The van der Waals surface area contributed by atoms with Crippen LogP contribution < -0.4 is 9.47 Å². The van der Waals surface area contributed by atoms with Crippen LogP contribution >= 0.6 is 27.7 Å². The molecular weight excluding hydrogens is 538 g/mol. The first-order valence-electron chi connectivity index (χ1n) is 11.9. The normalized spacial score (nSPS) is 14.5. The summed E-state index contributed by atoms with van der Waals surface area (Å²) in [5.74, 6) is 0.931. The minimum atomic E-state index is -0.261. The van der Waals surface area contributed by atoms with Crippen molar-refractivity contribution in [1.29, 1.82) is 0 Å². The van der Waals surface area contributed by atoms with Crippen molar-refractivity contribution in [1.82, 2.24) is 4.90 Å². The van der Waals surface area contributed by atoms with Crippen LogP contribution in [0.15, 0.2) is 76.1 Å². The SMILES string of the molecule is CCOc1cc(/C=C2/SC(=O)N(CCCc3ccccc3)C2=O)c(Br)cc1OCc1cccc(C)c1. The Kier molecular flexibility index (Phi) is 8.88. The average molecular weight is 567 g/mol. The molecule has 2 amide bonds. The predicted octanol–water partition coefficient (Wildman–Crippen LogP) is 7.40. The van der Waals surface area contributed by atoms with Crippen molar-refractivity contribution in [2.24, 2.45) is 0 Å². The number of nitrogens with zero attached hydrogens (tertiary/aromatic N) is 1. The Hall–Kier alpha value is -3.03. The number of carbonyl (C=O) groups excluding carboxylic acids is 2. The van der Waals surface area contributed by atoms with Gasteiger partial charge in [0.1, 0.15) is 6.61 Å². The Balaban J connectivity index is 1.47. The number of benzene rings is 3. The lowest BCUT2D eigenvalue weighted by atomic mass is 10.1. The van der Waals surface area contributed by atoms with E-state index in [1.54, 1.807) is 6.08 Å². The molecule has 0 N–H and O–H groups in total. The van der Waals surface area contributed by atoms with Gasteiger partial charge in [0.05, 0.1) is 11.5 Å². The van der Waals surface area contributed by atoms with E-state index in [9.17, 15) is 9.59 Å². The third kappa shape index (κ3) is 6.59. The first kappa shape index (κ1) is 26.0. The summed E-state index contributed by atoms with van der Waals surface area (Å²) in [5, 5.41) is -0.237. The van der Waals surface area contributed by atoms with Crippen LogP contribution in [-0.2, 0) is 17.8 Å². The van der Waals surface area contributed by atoms with E-state index >= 15 is 0 Å². The first-order chi connectivity index (χ1) is 17.4. The average Bonchev–Trinajstić information content (AvgIpc) is 3.13. The zero-order valence-electron chi connectivity index (χ0n) is 20.3. The van der Waals surface area contributed by atoms with E-state index in [0.29, 0.717) is 36.2 Å². The van der Waals surface area contributed by atoms with Gasteiger partial charge in [-0.2, -0.15) is 0 Å². The molecule has 1 saturated heterocycles. The number of rotatable bonds is 10. The van der Waals surface area contributed by atoms with Gasteiger partial charge in [-0.05, 0) is 73.4 Å². The lowest BCUT2D eigenvalue weighted by molar-refractivity contribution is -0.122. The van der Waals surface area contributed by atoms with Crippen molar-refractivity contribution in [3.8, 4) is 11.5 Å². The molecule has 4 rings (SSSR count). The zero-order chi connectivity index (χ0) is 25.5. The van der Waals surface area contributed by atoms with Gasteiger partial charge in [-0.15, -0.1) is 0 Å². The van der Waals surface area contributed by atoms with Crippen LogP contribution in [0.25, 0.3) is 6.08 Å². The largest absolute Gasteiger partial charge is 0.490 e.